The third kappa shape index (κ3) is 4.46. The number of aromatic nitrogens is 1. The largest absolute Gasteiger partial charge is 0.867 e. The Hall–Kier alpha value is -2.98. The SMILES string of the molecule is CCc1ccc(C([O-])=C(C(=S)Nc2ccccc2C)[n+]2cccc(C)c2)cc1. The first kappa shape index (κ1) is 19.8. The normalized spacial score (nSPS) is 11.7. The maximum atomic E-state index is 13.4. The monoisotopic (exact) mass is 388 g/mol. The zero-order chi connectivity index (χ0) is 20.1. The zero-order valence-electron chi connectivity index (χ0n) is 16.4. The van der Waals surface area contributed by atoms with Crippen molar-refractivity contribution < 1.29 is 9.67 Å². The van der Waals surface area contributed by atoms with Crippen LogP contribution in [0.1, 0.15) is 29.2 Å². The van der Waals surface area contributed by atoms with Crippen LogP contribution < -0.4 is 15.0 Å². The first-order valence-electron chi connectivity index (χ1n) is 9.35. The van der Waals surface area contributed by atoms with Crippen LogP contribution in [-0.2, 0) is 6.42 Å². The van der Waals surface area contributed by atoms with Gasteiger partial charge in [-0.05, 0) is 54.9 Å². The fourth-order valence-electron chi connectivity index (χ4n) is 2.99. The minimum absolute atomic E-state index is 0.107. The van der Waals surface area contributed by atoms with Crippen molar-refractivity contribution in [1.29, 1.82) is 0 Å². The van der Waals surface area contributed by atoms with Gasteiger partial charge in [-0.3, -0.25) is 0 Å². The molecular weight excluding hydrogens is 364 g/mol. The Kier molecular flexibility index (Phi) is 6.22. The lowest BCUT2D eigenvalue weighted by Gasteiger charge is -2.18. The summed E-state index contributed by atoms with van der Waals surface area (Å²) in [5.41, 5.74) is 5.27. The number of hydrogen-bond acceptors (Lipinski definition) is 2. The first-order valence-corrected chi connectivity index (χ1v) is 9.76. The first-order chi connectivity index (χ1) is 13.5. The number of rotatable bonds is 5. The van der Waals surface area contributed by atoms with Crippen LogP contribution in [0.2, 0.25) is 0 Å². The highest BCUT2D eigenvalue weighted by Gasteiger charge is 2.19. The average Bonchev–Trinajstić information content (AvgIpc) is 2.70. The second kappa shape index (κ2) is 8.81. The molecule has 28 heavy (non-hydrogen) atoms. The molecule has 0 aliphatic rings. The summed E-state index contributed by atoms with van der Waals surface area (Å²) in [6.45, 7) is 6.10. The van der Waals surface area contributed by atoms with Crippen LogP contribution in [0.25, 0.3) is 11.5 Å². The highest BCUT2D eigenvalue weighted by Crippen LogP contribution is 2.19. The molecule has 1 aromatic heterocycles. The van der Waals surface area contributed by atoms with Crippen molar-refractivity contribution in [2.45, 2.75) is 27.2 Å². The second-order valence-corrected chi connectivity index (χ2v) is 7.19. The molecule has 1 N–H and O–H groups in total. The Morgan fingerprint density at radius 1 is 1.00 bits per heavy atom. The topological polar surface area (TPSA) is 39.0 Å². The van der Waals surface area contributed by atoms with Crippen LogP contribution >= 0.6 is 12.2 Å². The summed E-state index contributed by atoms with van der Waals surface area (Å²) in [6.07, 6.45) is 4.71. The number of hydrogen-bond donors (Lipinski definition) is 1. The molecule has 0 bridgehead atoms. The molecule has 0 fully saturated rings. The van der Waals surface area contributed by atoms with Crippen molar-refractivity contribution in [1.82, 2.24) is 0 Å². The predicted octanol–water partition coefficient (Wildman–Crippen LogP) is 4.28. The number of pyridine rings is 1. The van der Waals surface area contributed by atoms with Crippen molar-refractivity contribution in [3.8, 4) is 0 Å². The van der Waals surface area contributed by atoms with E-state index in [0.29, 0.717) is 16.2 Å². The van der Waals surface area contributed by atoms with Gasteiger partial charge in [0.1, 0.15) is 0 Å². The molecule has 0 unspecified atom stereocenters. The van der Waals surface area contributed by atoms with Gasteiger partial charge in [0, 0.05) is 17.3 Å². The van der Waals surface area contributed by atoms with Crippen LogP contribution in [-0.4, -0.2) is 4.99 Å². The maximum absolute atomic E-state index is 13.4. The van der Waals surface area contributed by atoms with E-state index in [9.17, 15) is 5.11 Å². The number of anilines is 1. The van der Waals surface area contributed by atoms with E-state index in [1.165, 1.54) is 5.56 Å². The van der Waals surface area contributed by atoms with Gasteiger partial charge in [0.05, 0.1) is 0 Å². The van der Waals surface area contributed by atoms with Gasteiger partial charge < -0.3 is 10.4 Å². The summed E-state index contributed by atoms with van der Waals surface area (Å²) >= 11 is 5.68. The maximum Gasteiger partial charge on any atom is 0.238 e. The van der Waals surface area contributed by atoms with Crippen LogP contribution in [0.4, 0.5) is 5.69 Å². The van der Waals surface area contributed by atoms with Gasteiger partial charge in [-0.25, -0.2) is 0 Å². The summed E-state index contributed by atoms with van der Waals surface area (Å²) in [5, 5.41) is 16.6. The van der Waals surface area contributed by atoms with Crippen molar-refractivity contribution in [2.75, 3.05) is 5.32 Å². The predicted molar refractivity (Wildman–Crippen MR) is 118 cm³/mol. The molecular formula is C24H24N2OS. The van der Waals surface area contributed by atoms with Gasteiger partial charge >= 0.3 is 0 Å². The summed E-state index contributed by atoms with van der Waals surface area (Å²) in [7, 11) is 0. The van der Waals surface area contributed by atoms with E-state index in [2.05, 4.69) is 12.2 Å². The Balaban J connectivity index is 2.08. The smallest absolute Gasteiger partial charge is 0.238 e. The van der Waals surface area contributed by atoms with E-state index in [4.69, 9.17) is 12.2 Å². The van der Waals surface area contributed by atoms with Crippen LogP contribution in [0.3, 0.4) is 0 Å². The van der Waals surface area contributed by atoms with Gasteiger partial charge in [-0.2, -0.15) is 4.57 Å². The van der Waals surface area contributed by atoms with Crippen molar-refractivity contribution in [3.05, 3.63) is 95.3 Å². The Morgan fingerprint density at radius 2 is 1.71 bits per heavy atom. The van der Waals surface area contributed by atoms with E-state index < -0.39 is 0 Å². The minimum Gasteiger partial charge on any atom is -0.867 e. The fraction of sp³-hybridized carbons (Fsp3) is 0.167. The molecule has 0 spiro atoms. The molecule has 3 aromatic rings. The number of nitrogens with zero attached hydrogens (tertiary/aromatic N) is 1. The van der Waals surface area contributed by atoms with Crippen LogP contribution in [0.5, 0.6) is 0 Å². The molecule has 2 aromatic carbocycles. The van der Waals surface area contributed by atoms with Crippen molar-refractivity contribution in [2.24, 2.45) is 0 Å². The van der Waals surface area contributed by atoms with E-state index in [-0.39, 0.29) is 5.76 Å². The number of thiocarbonyl (C=S) groups is 1. The third-order valence-corrected chi connectivity index (χ3v) is 4.95. The highest BCUT2D eigenvalue weighted by atomic mass is 32.1. The third-order valence-electron chi connectivity index (χ3n) is 4.65. The molecule has 142 valence electrons. The number of aryl methyl sites for hydroxylation is 3. The van der Waals surface area contributed by atoms with Crippen molar-refractivity contribution >= 4 is 34.3 Å². The summed E-state index contributed by atoms with van der Waals surface area (Å²) < 4.78 is 1.80. The second-order valence-electron chi connectivity index (χ2n) is 6.79. The number of benzene rings is 2. The lowest BCUT2D eigenvalue weighted by molar-refractivity contribution is -0.578. The number of nitrogens with one attached hydrogen (secondary N) is 1. The molecule has 0 atom stereocenters. The molecule has 1 heterocycles. The molecule has 0 aliphatic heterocycles. The van der Waals surface area contributed by atoms with Gasteiger partial charge in [-0.1, -0.05) is 61.6 Å². The van der Waals surface area contributed by atoms with Crippen molar-refractivity contribution in [3.63, 3.8) is 0 Å². The quantitative estimate of drug-likeness (QED) is 0.307. The standard InChI is InChI=1S/C24H24N2OS/c1-4-19-11-13-20(14-12-19)23(27)22(26-15-7-8-17(2)16-26)24(28)25-21-10-6-5-9-18(21)3/h5-16H,4H2,1-3H3,(H-,25,27,28). The Labute approximate surface area is 172 Å². The van der Waals surface area contributed by atoms with E-state index in [1.807, 2.05) is 86.9 Å². The van der Waals surface area contributed by atoms with Crippen LogP contribution in [0.15, 0.2) is 73.1 Å². The molecule has 3 rings (SSSR count). The molecule has 0 saturated carbocycles. The van der Waals surface area contributed by atoms with Gasteiger partial charge in [0.25, 0.3) is 0 Å². The van der Waals surface area contributed by atoms with E-state index >= 15 is 0 Å². The molecule has 0 aliphatic carbocycles. The molecule has 0 saturated heterocycles. The fourth-order valence-corrected chi connectivity index (χ4v) is 3.30. The lowest BCUT2D eigenvalue weighted by atomic mass is 10.1. The molecule has 0 amide bonds. The van der Waals surface area contributed by atoms with E-state index in [1.54, 1.807) is 4.57 Å². The zero-order valence-corrected chi connectivity index (χ0v) is 17.2. The lowest BCUT2D eigenvalue weighted by Crippen LogP contribution is -2.40. The highest BCUT2D eigenvalue weighted by molar-refractivity contribution is 7.81. The Bertz CT molecular complexity index is 1020. The molecule has 0 radical (unpaired) electrons. The van der Waals surface area contributed by atoms with Gasteiger partial charge in [0.2, 0.25) is 5.70 Å². The van der Waals surface area contributed by atoms with E-state index in [0.717, 1.165) is 23.2 Å². The minimum atomic E-state index is -0.107. The summed E-state index contributed by atoms with van der Waals surface area (Å²) in [4.78, 5) is 0.398. The molecule has 4 heteroatoms. The average molecular weight is 389 g/mol. The molecule has 3 nitrogen and oxygen atoms in total. The summed E-state index contributed by atoms with van der Waals surface area (Å²) in [5.74, 6) is -0.107. The summed E-state index contributed by atoms with van der Waals surface area (Å²) in [6, 6.07) is 19.5. The number of para-hydroxylation sites is 1. The van der Waals surface area contributed by atoms with Crippen LogP contribution in [0, 0.1) is 13.8 Å². The Morgan fingerprint density at radius 3 is 2.36 bits per heavy atom. The van der Waals surface area contributed by atoms with Gasteiger partial charge in [-0.15, -0.1) is 0 Å². The van der Waals surface area contributed by atoms with Gasteiger partial charge in [0.15, 0.2) is 17.4 Å².